The standard InChI is InChI=1S/C22H31NO/c1-2-18-8-4-13-22(24)14-5-15-23(21(18)22)16-17-9-11-20(12-10-17)19-6-3-7-19/h9-12,19,24H,2-8,13-16H2,1H3. The van der Waals surface area contributed by atoms with Gasteiger partial charge in [-0.05, 0) is 74.0 Å². The Kier molecular flexibility index (Phi) is 4.42. The van der Waals surface area contributed by atoms with Crippen molar-refractivity contribution in [3.05, 3.63) is 46.7 Å². The highest BCUT2D eigenvalue weighted by atomic mass is 16.3. The highest BCUT2D eigenvalue weighted by Gasteiger charge is 2.41. The second kappa shape index (κ2) is 6.55. The fourth-order valence-corrected chi connectivity index (χ4v) is 4.96. The van der Waals surface area contributed by atoms with Crippen LogP contribution in [-0.2, 0) is 6.54 Å². The molecule has 0 amide bonds. The molecule has 24 heavy (non-hydrogen) atoms. The van der Waals surface area contributed by atoms with Crippen LogP contribution in [0, 0.1) is 0 Å². The number of nitrogens with zero attached hydrogens (tertiary/aromatic N) is 1. The fraction of sp³-hybridized carbons (Fsp3) is 0.636. The first-order valence-corrected chi connectivity index (χ1v) is 9.98. The summed E-state index contributed by atoms with van der Waals surface area (Å²) in [5, 5.41) is 11.2. The summed E-state index contributed by atoms with van der Waals surface area (Å²) in [4.78, 5) is 2.49. The molecule has 0 radical (unpaired) electrons. The molecule has 0 aromatic heterocycles. The molecule has 130 valence electrons. The van der Waals surface area contributed by atoms with Crippen molar-refractivity contribution in [2.24, 2.45) is 0 Å². The van der Waals surface area contributed by atoms with Gasteiger partial charge in [-0.1, -0.05) is 37.6 Å². The maximum Gasteiger partial charge on any atom is 0.104 e. The Morgan fingerprint density at radius 3 is 2.50 bits per heavy atom. The molecule has 1 saturated carbocycles. The van der Waals surface area contributed by atoms with Crippen LogP contribution in [0.25, 0.3) is 0 Å². The van der Waals surface area contributed by atoms with Crippen LogP contribution in [0.2, 0.25) is 0 Å². The van der Waals surface area contributed by atoms with Crippen molar-refractivity contribution < 1.29 is 5.11 Å². The number of fused-ring (bicyclic) bond motifs is 1. The van der Waals surface area contributed by atoms with Crippen molar-refractivity contribution in [3.63, 3.8) is 0 Å². The lowest BCUT2D eigenvalue weighted by Gasteiger charge is -2.47. The lowest BCUT2D eigenvalue weighted by molar-refractivity contribution is -0.00615. The lowest BCUT2D eigenvalue weighted by Crippen LogP contribution is -2.47. The molecule has 2 heteroatoms. The van der Waals surface area contributed by atoms with Gasteiger partial charge in [0, 0.05) is 18.8 Å². The van der Waals surface area contributed by atoms with Gasteiger partial charge in [0.15, 0.2) is 0 Å². The second-order valence-electron chi connectivity index (χ2n) is 8.09. The van der Waals surface area contributed by atoms with Crippen LogP contribution >= 0.6 is 0 Å². The summed E-state index contributed by atoms with van der Waals surface area (Å²) < 4.78 is 0. The van der Waals surface area contributed by atoms with Gasteiger partial charge in [0.25, 0.3) is 0 Å². The maximum atomic E-state index is 11.2. The van der Waals surface area contributed by atoms with E-state index < -0.39 is 5.60 Å². The minimum Gasteiger partial charge on any atom is -0.384 e. The maximum absolute atomic E-state index is 11.2. The van der Waals surface area contributed by atoms with E-state index in [0.717, 1.165) is 51.1 Å². The van der Waals surface area contributed by atoms with Crippen LogP contribution in [0.3, 0.4) is 0 Å². The largest absolute Gasteiger partial charge is 0.384 e. The predicted molar refractivity (Wildman–Crippen MR) is 98.8 cm³/mol. The molecule has 1 aromatic rings. The Morgan fingerprint density at radius 2 is 1.83 bits per heavy atom. The van der Waals surface area contributed by atoms with Gasteiger partial charge in [-0.3, -0.25) is 0 Å². The number of hydrogen-bond donors (Lipinski definition) is 1. The quantitative estimate of drug-likeness (QED) is 0.829. The van der Waals surface area contributed by atoms with Crippen molar-refractivity contribution >= 4 is 0 Å². The van der Waals surface area contributed by atoms with Crippen LogP contribution in [0.4, 0.5) is 0 Å². The van der Waals surface area contributed by atoms with E-state index in [1.807, 2.05) is 0 Å². The van der Waals surface area contributed by atoms with Crippen molar-refractivity contribution in [3.8, 4) is 0 Å². The number of likely N-dealkylation sites (tertiary alicyclic amines) is 1. The van der Waals surface area contributed by atoms with E-state index in [0.29, 0.717) is 0 Å². The van der Waals surface area contributed by atoms with Gasteiger partial charge in [-0.2, -0.15) is 0 Å². The van der Waals surface area contributed by atoms with E-state index in [9.17, 15) is 5.11 Å². The zero-order chi connectivity index (χ0) is 16.6. The molecule has 1 heterocycles. The SMILES string of the molecule is CCC1=C2N(Cc3ccc(C4CCC4)cc3)CCCC2(O)CCC1. The monoisotopic (exact) mass is 325 g/mol. The van der Waals surface area contributed by atoms with Crippen molar-refractivity contribution in [1.29, 1.82) is 0 Å². The van der Waals surface area contributed by atoms with E-state index in [4.69, 9.17) is 0 Å². The third-order valence-electron chi connectivity index (χ3n) is 6.54. The third kappa shape index (κ3) is 2.90. The molecule has 3 aliphatic rings. The highest BCUT2D eigenvalue weighted by Crippen LogP contribution is 2.43. The highest BCUT2D eigenvalue weighted by molar-refractivity contribution is 5.31. The molecule has 1 saturated heterocycles. The molecular formula is C22H31NO. The molecular weight excluding hydrogens is 294 g/mol. The Hall–Kier alpha value is -1.28. The van der Waals surface area contributed by atoms with Crippen LogP contribution < -0.4 is 0 Å². The summed E-state index contributed by atoms with van der Waals surface area (Å²) in [6, 6.07) is 9.31. The van der Waals surface area contributed by atoms with Gasteiger partial charge in [0.1, 0.15) is 5.60 Å². The Balaban J connectivity index is 1.55. The summed E-state index contributed by atoms with van der Waals surface area (Å²) in [5.41, 5.74) is 5.13. The number of rotatable bonds is 4. The summed E-state index contributed by atoms with van der Waals surface area (Å²) in [6.45, 7) is 4.28. The molecule has 1 unspecified atom stereocenters. The first kappa shape index (κ1) is 16.2. The normalized spacial score (nSPS) is 27.8. The Morgan fingerprint density at radius 1 is 1.08 bits per heavy atom. The number of hydrogen-bond acceptors (Lipinski definition) is 2. The minimum atomic E-state index is -0.548. The van der Waals surface area contributed by atoms with E-state index >= 15 is 0 Å². The van der Waals surface area contributed by atoms with Crippen LogP contribution in [0.1, 0.15) is 81.8 Å². The second-order valence-corrected chi connectivity index (χ2v) is 8.09. The molecule has 1 N–H and O–H groups in total. The molecule has 0 bridgehead atoms. The van der Waals surface area contributed by atoms with E-state index in [1.54, 1.807) is 0 Å². The number of allylic oxidation sites excluding steroid dienone is 1. The Bertz CT molecular complexity index is 613. The predicted octanol–water partition coefficient (Wildman–Crippen LogP) is 5.13. The van der Waals surface area contributed by atoms with E-state index in [-0.39, 0.29) is 0 Å². The van der Waals surface area contributed by atoms with Gasteiger partial charge in [-0.25, -0.2) is 0 Å². The van der Waals surface area contributed by atoms with Crippen molar-refractivity contribution in [1.82, 2.24) is 4.90 Å². The van der Waals surface area contributed by atoms with E-state index in [2.05, 4.69) is 36.1 Å². The topological polar surface area (TPSA) is 23.5 Å². The van der Waals surface area contributed by atoms with Gasteiger partial charge >= 0.3 is 0 Å². The number of piperidine rings is 1. The summed E-state index contributed by atoms with van der Waals surface area (Å²) in [7, 11) is 0. The smallest absolute Gasteiger partial charge is 0.104 e. The Labute approximate surface area is 146 Å². The fourth-order valence-electron chi connectivity index (χ4n) is 4.96. The molecule has 1 atom stereocenters. The molecule has 2 fully saturated rings. The van der Waals surface area contributed by atoms with Crippen molar-refractivity contribution in [2.75, 3.05) is 6.54 Å². The number of aliphatic hydroxyl groups is 1. The van der Waals surface area contributed by atoms with Gasteiger partial charge < -0.3 is 10.0 Å². The van der Waals surface area contributed by atoms with Crippen LogP contribution in [0.5, 0.6) is 0 Å². The molecule has 1 aromatic carbocycles. The summed E-state index contributed by atoms with van der Waals surface area (Å²) in [6.07, 6.45) is 10.5. The van der Waals surface area contributed by atoms with Gasteiger partial charge in [0.05, 0.1) is 0 Å². The average molecular weight is 325 g/mol. The molecule has 2 aliphatic carbocycles. The van der Waals surface area contributed by atoms with Crippen LogP contribution in [0.15, 0.2) is 35.5 Å². The van der Waals surface area contributed by atoms with Crippen molar-refractivity contribution in [2.45, 2.75) is 82.8 Å². The molecule has 0 spiro atoms. The summed E-state index contributed by atoms with van der Waals surface area (Å²) >= 11 is 0. The molecule has 1 aliphatic heterocycles. The van der Waals surface area contributed by atoms with Crippen LogP contribution in [-0.4, -0.2) is 22.2 Å². The van der Waals surface area contributed by atoms with Gasteiger partial charge in [0.2, 0.25) is 0 Å². The average Bonchev–Trinajstić information content (AvgIpc) is 2.54. The minimum absolute atomic E-state index is 0.548. The number of benzene rings is 1. The third-order valence-corrected chi connectivity index (χ3v) is 6.54. The zero-order valence-corrected chi connectivity index (χ0v) is 15.1. The zero-order valence-electron chi connectivity index (χ0n) is 15.1. The first-order valence-electron chi connectivity index (χ1n) is 9.98. The molecule has 4 rings (SSSR count). The van der Waals surface area contributed by atoms with Gasteiger partial charge in [-0.15, -0.1) is 0 Å². The lowest BCUT2D eigenvalue weighted by atomic mass is 9.76. The molecule has 2 nitrogen and oxygen atoms in total. The van der Waals surface area contributed by atoms with E-state index in [1.165, 1.54) is 48.1 Å². The summed E-state index contributed by atoms with van der Waals surface area (Å²) in [5.74, 6) is 0.812. The first-order chi connectivity index (χ1) is 11.7.